The minimum absolute atomic E-state index is 0. The Labute approximate surface area is 95.9 Å². The highest BCUT2D eigenvalue weighted by molar-refractivity contribution is 5.90. The van der Waals surface area contributed by atoms with Gasteiger partial charge in [0.15, 0.2) is 0 Å². The summed E-state index contributed by atoms with van der Waals surface area (Å²) in [6.07, 6.45) is 0. The van der Waals surface area contributed by atoms with Gasteiger partial charge in [-0.25, -0.2) is 4.79 Å². The van der Waals surface area contributed by atoms with Crippen LogP contribution in [0.2, 0.25) is 0 Å². The Morgan fingerprint density at radius 2 is 1.18 bits per heavy atom. The molecule has 108 valence electrons. The molecular formula is C7H20O10. The minimum Gasteiger partial charge on any atom is -0.507 e. The van der Waals surface area contributed by atoms with Crippen molar-refractivity contribution in [3.63, 3.8) is 0 Å². The number of aromatic carboxylic acids is 1. The van der Waals surface area contributed by atoms with Crippen LogP contribution in [0.5, 0.6) is 5.75 Å². The van der Waals surface area contributed by atoms with Crippen LogP contribution >= 0.6 is 0 Å². The van der Waals surface area contributed by atoms with Gasteiger partial charge in [-0.3, -0.25) is 0 Å². The van der Waals surface area contributed by atoms with Crippen molar-refractivity contribution in [1.29, 1.82) is 0 Å². The number of phenols is 1. The number of carbonyl (C=O) groups is 1. The summed E-state index contributed by atoms with van der Waals surface area (Å²) in [5.41, 5.74) is -0.0671. The summed E-state index contributed by atoms with van der Waals surface area (Å²) < 4.78 is 0. The van der Waals surface area contributed by atoms with Crippen molar-refractivity contribution in [2.24, 2.45) is 0 Å². The second kappa shape index (κ2) is 19.7. The van der Waals surface area contributed by atoms with Gasteiger partial charge in [-0.15, -0.1) is 0 Å². The van der Waals surface area contributed by atoms with Crippen LogP contribution in [0.25, 0.3) is 0 Å². The van der Waals surface area contributed by atoms with Crippen LogP contribution in [-0.2, 0) is 0 Å². The quantitative estimate of drug-likeness (QED) is 0.505. The molecule has 0 atom stereocenters. The smallest absolute Gasteiger partial charge is 0.339 e. The van der Waals surface area contributed by atoms with Crippen molar-refractivity contribution >= 4 is 5.97 Å². The Morgan fingerprint density at radius 1 is 0.824 bits per heavy atom. The van der Waals surface area contributed by atoms with E-state index in [1.165, 1.54) is 12.1 Å². The second-order valence-corrected chi connectivity index (χ2v) is 1.82. The molecule has 0 fully saturated rings. The van der Waals surface area contributed by atoms with E-state index in [0.717, 1.165) is 0 Å². The SMILES string of the molecule is O.O.O.O.O.O.O.O=C(O)c1ccccc1O. The predicted octanol–water partition coefficient (Wildman–Crippen LogP) is -4.68. The number of carboxylic acids is 1. The van der Waals surface area contributed by atoms with Crippen molar-refractivity contribution < 1.29 is 53.3 Å². The molecule has 0 heterocycles. The maximum absolute atomic E-state index is 10.3. The van der Waals surface area contributed by atoms with E-state index in [4.69, 9.17) is 10.2 Å². The molecule has 0 aliphatic rings. The monoisotopic (exact) mass is 264 g/mol. The Kier molecular flexibility index (Phi) is 52.9. The first-order valence-corrected chi connectivity index (χ1v) is 2.73. The summed E-state index contributed by atoms with van der Waals surface area (Å²) in [5, 5.41) is 17.3. The molecule has 0 aliphatic carbocycles. The zero-order chi connectivity index (χ0) is 7.56. The topological polar surface area (TPSA) is 278 Å². The summed E-state index contributed by atoms with van der Waals surface area (Å²) in [6.45, 7) is 0. The first-order valence-electron chi connectivity index (χ1n) is 2.73. The third-order valence-corrected chi connectivity index (χ3v) is 1.13. The van der Waals surface area contributed by atoms with Crippen LogP contribution in [0, 0.1) is 0 Å². The minimum atomic E-state index is -1.11. The first-order chi connectivity index (χ1) is 4.72. The Balaban J connectivity index is -0.0000000286. The van der Waals surface area contributed by atoms with Crippen molar-refractivity contribution in [1.82, 2.24) is 0 Å². The Bertz CT molecular complexity index is 263. The van der Waals surface area contributed by atoms with E-state index < -0.39 is 5.97 Å². The molecule has 0 amide bonds. The number of hydrogen-bond donors (Lipinski definition) is 2. The molecule has 0 bridgehead atoms. The summed E-state index contributed by atoms with van der Waals surface area (Å²) in [4.78, 5) is 10.3. The fraction of sp³-hybridized carbons (Fsp3) is 0. The molecule has 1 aromatic carbocycles. The average molecular weight is 264 g/mol. The molecule has 0 unspecified atom stereocenters. The normalized spacial score (nSPS) is 5.41. The largest absolute Gasteiger partial charge is 0.507 e. The zero-order valence-electron chi connectivity index (χ0n) is 8.61. The number of carboxylic acid groups (broad SMARTS) is 1. The lowest BCUT2D eigenvalue weighted by atomic mass is 10.2. The fourth-order valence-electron chi connectivity index (χ4n) is 0.654. The van der Waals surface area contributed by atoms with Gasteiger partial charge in [-0.1, -0.05) is 12.1 Å². The van der Waals surface area contributed by atoms with Gasteiger partial charge >= 0.3 is 5.97 Å². The molecule has 1 rings (SSSR count). The zero-order valence-corrected chi connectivity index (χ0v) is 8.61. The van der Waals surface area contributed by atoms with Crippen LogP contribution in [0.4, 0.5) is 0 Å². The van der Waals surface area contributed by atoms with Gasteiger partial charge < -0.3 is 48.5 Å². The standard InChI is InChI=1S/C7H6O3.7H2O/c8-6-4-2-1-3-5(6)7(9)10;;;;;;;/h1-4,8H,(H,9,10);7*1H2. The van der Waals surface area contributed by atoms with E-state index in [0.29, 0.717) is 0 Å². The lowest BCUT2D eigenvalue weighted by Crippen LogP contribution is -1.95. The van der Waals surface area contributed by atoms with Gasteiger partial charge in [0.25, 0.3) is 0 Å². The number of hydrogen-bond acceptors (Lipinski definition) is 2. The number of aromatic hydroxyl groups is 1. The Morgan fingerprint density at radius 3 is 1.41 bits per heavy atom. The highest BCUT2D eigenvalue weighted by atomic mass is 16.4. The van der Waals surface area contributed by atoms with Crippen molar-refractivity contribution in [2.75, 3.05) is 0 Å². The summed E-state index contributed by atoms with van der Waals surface area (Å²) in [5.74, 6) is -1.31. The third kappa shape index (κ3) is 12.1. The summed E-state index contributed by atoms with van der Waals surface area (Å²) in [7, 11) is 0. The fourth-order valence-corrected chi connectivity index (χ4v) is 0.654. The first kappa shape index (κ1) is 45.6. The maximum Gasteiger partial charge on any atom is 0.339 e. The molecule has 0 saturated carbocycles. The van der Waals surface area contributed by atoms with E-state index >= 15 is 0 Å². The molecular weight excluding hydrogens is 244 g/mol. The molecule has 0 aliphatic heterocycles. The van der Waals surface area contributed by atoms with Crippen LogP contribution in [-0.4, -0.2) is 54.5 Å². The highest BCUT2D eigenvalue weighted by Crippen LogP contribution is 2.14. The van der Waals surface area contributed by atoms with Gasteiger partial charge in [-0.2, -0.15) is 0 Å². The van der Waals surface area contributed by atoms with Gasteiger partial charge in [0, 0.05) is 0 Å². The van der Waals surface area contributed by atoms with Gasteiger partial charge in [0.2, 0.25) is 0 Å². The van der Waals surface area contributed by atoms with Crippen molar-refractivity contribution in [2.45, 2.75) is 0 Å². The van der Waals surface area contributed by atoms with E-state index in [9.17, 15) is 4.79 Å². The third-order valence-electron chi connectivity index (χ3n) is 1.13. The van der Waals surface area contributed by atoms with Gasteiger partial charge in [0.1, 0.15) is 11.3 Å². The predicted molar refractivity (Wildman–Crippen MR) is 60.4 cm³/mol. The molecule has 16 N–H and O–H groups in total. The highest BCUT2D eigenvalue weighted by Gasteiger charge is 2.05. The molecule has 0 aromatic heterocycles. The van der Waals surface area contributed by atoms with Crippen molar-refractivity contribution in [3.8, 4) is 5.75 Å². The van der Waals surface area contributed by atoms with E-state index in [1.807, 2.05) is 0 Å². The van der Waals surface area contributed by atoms with Crippen LogP contribution < -0.4 is 0 Å². The average Bonchev–Trinajstić information content (AvgIpc) is 1.88. The van der Waals surface area contributed by atoms with Gasteiger partial charge in [-0.05, 0) is 12.1 Å². The molecule has 1 aromatic rings. The summed E-state index contributed by atoms with van der Waals surface area (Å²) >= 11 is 0. The lowest BCUT2D eigenvalue weighted by molar-refractivity contribution is 0.0693. The Hall–Kier alpha value is -1.79. The lowest BCUT2D eigenvalue weighted by Gasteiger charge is -1.95. The van der Waals surface area contributed by atoms with Crippen LogP contribution in [0.3, 0.4) is 0 Å². The number of rotatable bonds is 1. The van der Waals surface area contributed by atoms with E-state index in [2.05, 4.69) is 0 Å². The molecule has 0 saturated heterocycles. The second-order valence-electron chi connectivity index (χ2n) is 1.82. The molecule has 10 nitrogen and oxygen atoms in total. The maximum atomic E-state index is 10.3. The van der Waals surface area contributed by atoms with E-state index in [1.54, 1.807) is 12.1 Å². The van der Waals surface area contributed by atoms with Gasteiger partial charge in [0.05, 0.1) is 0 Å². The van der Waals surface area contributed by atoms with Crippen LogP contribution in [0.1, 0.15) is 10.4 Å². The number of para-hydroxylation sites is 1. The molecule has 0 radical (unpaired) electrons. The van der Waals surface area contributed by atoms with Crippen LogP contribution in [0.15, 0.2) is 24.3 Å². The number of benzene rings is 1. The van der Waals surface area contributed by atoms with Crippen molar-refractivity contribution in [3.05, 3.63) is 29.8 Å². The summed E-state index contributed by atoms with van der Waals surface area (Å²) in [6, 6.07) is 5.81. The van der Waals surface area contributed by atoms with E-state index in [-0.39, 0.29) is 49.6 Å². The molecule has 0 spiro atoms. The molecule has 17 heavy (non-hydrogen) atoms. The molecule has 10 heteroatoms.